The normalized spacial score (nSPS) is 16.1. The summed E-state index contributed by atoms with van der Waals surface area (Å²) in [7, 11) is 0. The molecule has 6 heteroatoms. The summed E-state index contributed by atoms with van der Waals surface area (Å²) >= 11 is 6.28. The van der Waals surface area contributed by atoms with Crippen molar-refractivity contribution in [3.8, 4) is 0 Å². The second-order valence-electron chi connectivity index (χ2n) is 11.0. The summed E-state index contributed by atoms with van der Waals surface area (Å²) in [5, 5.41) is 4.15. The maximum absolute atomic E-state index is 13.7. The molecule has 1 aliphatic rings. The smallest absolute Gasteiger partial charge is 0.339 e. The van der Waals surface area contributed by atoms with E-state index in [-0.39, 0.29) is 17.9 Å². The molecule has 1 aliphatic carbocycles. The molecule has 0 bridgehead atoms. The lowest BCUT2D eigenvalue weighted by atomic mass is 9.69. The number of rotatable bonds is 5. The SMILES string of the molecule is CC(C)(C)[C@@H]1C/C(=C/c2cccc(Cl)c2)c2nc3ccccc3c(C(=O)OCC(=O)Nc3ccccc3)c2C1. The number of pyridine rings is 1. The number of halogens is 1. The first-order valence-electron chi connectivity index (χ1n) is 13.1. The topological polar surface area (TPSA) is 68.3 Å². The van der Waals surface area contributed by atoms with Gasteiger partial charge in [0, 0.05) is 16.1 Å². The predicted octanol–water partition coefficient (Wildman–Crippen LogP) is 7.83. The molecule has 0 aliphatic heterocycles. The van der Waals surface area contributed by atoms with Crippen LogP contribution in [0.3, 0.4) is 0 Å². The maximum atomic E-state index is 13.7. The summed E-state index contributed by atoms with van der Waals surface area (Å²) in [4.78, 5) is 31.3. The molecule has 5 nitrogen and oxygen atoms in total. The van der Waals surface area contributed by atoms with Gasteiger partial charge in [0.15, 0.2) is 6.61 Å². The first-order valence-corrected chi connectivity index (χ1v) is 13.5. The number of benzene rings is 3. The molecule has 4 aromatic rings. The zero-order valence-electron chi connectivity index (χ0n) is 22.3. The Balaban J connectivity index is 1.56. The Morgan fingerprint density at radius 1 is 1.00 bits per heavy atom. The van der Waals surface area contributed by atoms with Crippen molar-refractivity contribution in [1.82, 2.24) is 4.98 Å². The number of hydrogen-bond acceptors (Lipinski definition) is 4. The van der Waals surface area contributed by atoms with Crippen molar-refractivity contribution in [2.75, 3.05) is 11.9 Å². The van der Waals surface area contributed by atoms with Crippen molar-refractivity contribution in [3.05, 3.63) is 106 Å². The van der Waals surface area contributed by atoms with E-state index in [9.17, 15) is 9.59 Å². The summed E-state index contributed by atoms with van der Waals surface area (Å²) < 4.78 is 5.61. The zero-order chi connectivity index (χ0) is 27.6. The van der Waals surface area contributed by atoms with Gasteiger partial charge < -0.3 is 10.1 Å². The largest absolute Gasteiger partial charge is 0.452 e. The number of anilines is 1. The van der Waals surface area contributed by atoms with Gasteiger partial charge in [-0.2, -0.15) is 0 Å². The summed E-state index contributed by atoms with van der Waals surface area (Å²) in [5.41, 5.74) is 5.53. The van der Waals surface area contributed by atoms with Crippen LogP contribution in [0.4, 0.5) is 5.69 Å². The Morgan fingerprint density at radius 2 is 1.74 bits per heavy atom. The molecule has 1 heterocycles. The molecule has 1 atom stereocenters. The number of fused-ring (bicyclic) bond motifs is 2. The van der Waals surface area contributed by atoms with Crippen LogP contribution in [0.15, 0.2) is 78.9 Å². The van der Waals surface area contributed by atoms with E-state index < -0.39 is 11.9 Å². The fraction of sp³-hybridized carbons (Fsp3) is 0.242. The van der Waals surface area contributed by atoms with Gasteiger partial charge in [-0.05, 0) is 77.3 Å². The molecule has 0 unspecified atom stereocenters. The van der Waals surface area contributed by atoms with Crippen LogP contribution >= 0.6 is 11.6 Å². The highest BCUT2D eigenvalue weighted by Crippen LogP contribution is 2.45. The predicted molar refractivity (Wildman–Crippen MR) is 158 cm³/mol. The number of esters is 1. The van der Waals surface area contributed by atoms with E-state index in [0.29, 0.717) is 28.2 Å². The number of nitrogens with one attached hydrogen (secondary N) is 1. The Hall–Kier alpha value is -3.96. The Kier molecular flexibility index (Phi) is 7.53. The maximum Gasteiger partial charge on any atom is 0.339 e. The average Bonchev–Trinajstić information content (AvgIpc) is 2.90. The van der Waals surface area contributed by atoms with E-state index >= 15 is 0 Å². The monoisotopic (exact) mass is 538 g/mol. The number of allylic oxidation sites excluding steroid dienone is 1. The third-order valence-corrected chi connectivity index (χ3v) is 7.46. The molecule has 0 saturated carbocycles. The number of aromatic nitrogens is 1. The molecule has 0 saturated heterocycles. The first kappa shape index (κ1) is 26.6. The summed E-state index contributed by atoms with van der Waals surface area (Å²) in [6.45, 7) is 6.28. The van der Waals surface area contributed by atoms with Gasteiger partial charge in [0.2, 0.25) is 0 Å². The average molecular weight is 539 g/mol. The van der Waals surface area contributed by atoms with E-state index in [1.807, 2.05) is 66.7 Å². The Labute approximate surface area is 233 Å². The van der Waals surface area contributed by atoms with Crippen molar-refractivity contribution in [2.45, 2.75) is 33.6 Å². The highest BCUT2D eigenvalue weighted by Gasteiger charge is 2.35. The van der Waals surface area contributed by atoms with E-state index in [1.54, 1.807) is 12.1 Å². The molecule has 5 rings (SSSR count). The van der Waals surface area contributed by atoms with Crippen LogP contribution in [0.25, 0.3) is 22.6 Å². The van der Waals surface area contributed by atoms with Crippen LogP contribution in [-0.4, -0.2) is 23.5 Å². The molecular formula is C33H31ClN2O3. The minimum Gasteiger partial charge on any atom is -0.452 e. The number of ether oxygens (including phenoxy) is 1. The van der Waals surface area contributed by atoms with E-state index in [2.05, 4.69) is 32.2 Å². The molecular weight excluding hydrogens is 508 g/mol. The van der Waals surface area contributed by atoms with Gasteiger partial charge in [0.05, 0.1) is 16.8 Å². The van der Waals surface area contributed by atoms with Crippen molar-refractivity contribution < 1.29 is 14.3 Å². The quantitative estimate of drug-likeness (QED) is 0.263. The van der Waals surface area contributed by atoms with Crippen molar-refractivity contribution in [2.24, 2.45) is 11.3 Å². The van der Waals surface area contributed by atoms with Crippen LogP contribution in [0.2, 0.25) is 5.02 Å². The van der Waals surface area contributed by atoms with Gasteiger partial charge >= 0.3 is 5.97 Å². The molecule has 198 valence electrons. The van der Waals surface area contributed by atoms with Gasteiger partial charge in [-0.25, -0.2) is 9.78 Å². The van der Waals surface area contributed by atoms with E-state index in [4.69, 9.17) is 21.3 Å². The molecule has 1 amide bonds. The van der Waals surface area contributed by atoms with Gasteiger partial charge in [-0.1, -0.05) is 80.9 Å². The third-order valence-electron chi connectivity index (χ3n) is 7.22. The second kappa shape index (κ2) is 11.0. The molecule has 3 aromatic carbocycles. The molecule has 0 fully saturated rings. The molecule has 1 N–H and O–H groups in total. The minimum atomic E-state index is -0.523. The number of nitrogens with zero attached hydrogens (tertiary/aromatic N) is 1. The van der Waals surface area contributed by atoms with Gasteiger partial charge in [-0.3, -0.25) is 4.79 Å². The van der Waals surface area contributed by atoms with Crippen LogP contribution in [0.1, 0.15) is 54.4 Å². The fourth-order valence-electron chi connectivity index (χ4n) is 5.09. The standard InChI is InChI=1S/C33H31ClN2O3/c1-33(2,3)23-18-22(16-21-10-9-11-24(34)17-21)31-27(19-23)30(26-14-7-8-15-28(26)36-31)32(38)39-20-29(37)35-25-12-5-4-6-13-25/h4-17,23H,18-20H2,1-3H3,(H,35,37)/b22-16-/t23-/m1/s1. The highest BCUT2D eigenvalue weighted by molar-refractivity contribution is 6.30. The molecule has 0 spiro atoms. The summed E-state index contributed by atoms with van der Waals surface area (Å²) in [6, 6.07) is 24.4. The molecule has 1 aromatic heterocycles. The first-order chi connectivity index (χ1) is 18.7. The van der Waals surface area contributed by atoms with Crippen LogP contribution < -0.4 is 5.32 Å². The van der Waals surface area contributed by atoms with Crippen molar-refractivity contribution >= 4 is 51.7 Å². The second-order valence-corrected chi connectivity index (χ2v) is 11.5. The lowest BCUT2D eigenvalue weighted by molar-refractivity contribution is -0.119. The molecule has 0 radical (unpaired) electrons. The van der Waals surface area contributed by atoms with Crippen LogP contribution in [0.5, 0.6) is 0 Å². The third kappa shape index (κ3) is 6.04. The number of amides is 1. The Bertz CT molecular complexity index is 1570. The fourth-order valence-corrected chi connectivity index (χ4v) is 5.29. The Morgan fingerprint density at radius 3 is 2.49 bits per heavy atom. The van der Waals surface area contributed by atoms with E-state index in [0.717, 1.165) is 34.2 Å². The zero-order valence-corrected chi connectivity index (χ0v) is 23.1. The van der Waals surface area contributed by atoms with Crippen molar-refractivity contribution in [1.29, 1.82) is 0 Å². The lowest BCUT2D eigenvalue weighted by Gasteiger charge is -2.36. The van der Waals surface area contributed by atoms with Gasteiger partial charge in [0.1, 0.15) is 0 Å². The van der Waals surface area contributed by atoms with Gasteiger partial charge in [-0.15, -0.1) is 0 Å². The van der Waals surface area contributed by atoms with E-state index in [1.165, 1.54) is 0 Å². The number of para-hydroxylation sites is 2. The highest BCUT2D eigenvalue weighted by atomic mass is 35.5. The number of hydrogen-bond donors (Lipinski definition) is 1. The minimum absolute atomic E-state index is 0.00645. The van der Waals surface area contributed by atoms with Crippen molar-refractivity contribution in [3.63, 3.8) is 0 Å². The number of carbonyl (C=O) groups excluding carboxylic acids is 2. The van der Waals surface area contributed by atoms with Crippen LogP contribution in [-0.2, 0) is 16.0 Å². The van der Waals surface area contributed by atoms with Crippen LogP contribution in [0, 0.1) is 11.3 Å². The lowest BCUT2D eigenvalue weighted by Crippen LogP contribution is -2.29. The van der Waals surface area contributed by atoms with Gasteiger partial charge in [0.25, 0.3) is 5.91 Å². The number of carbonyl (C=O) groups is 2. The summed E-state index contributed by atoms with van der Waals surface area (Å²) in [6.07, 6.45) is 3.62. The summed E-state index contributed by atoms with van der Waals surface area (Å²) in [5.74, 6) is -0.646. The molecule has 39 heavy (non-hydrogen) atoms.